The van der Waals surface area contributed by atoms with Gasteiger partial charge in [-0.3, -0.25) is 0 Å². The van der Waals surface area contributed by atoms with Gasteiger partial charge in [0, 0.05) is 18.7 Å². The predicted octanol–water partition coefficient (Wildman–Crippen LogP) is 0.554. The van der Waals surface area contributed by atoms with E-state index in [1.807, 2.05) is 28.0 Å². The molecular formula is C20H26F3N6O2+. The van der Waals surface area contributed by atoms with Crippen LogP contribution >= 0.6 is 0 Å². The van der Waals surface area contributed by atoms with Crippen molar-refractivity contribution in [2.45, 2.75) is 12.7 Å². The number of quaternary nitrogens is 1. The Morgan fingerprint density at radius 3 is 2.13 bits per heavy atom. The van der Waals surface area contributed by atoms with Crippen molar-refractivity contribution in [2.24, 2.45) is 0 Å². The van der Waals surface area contributed by atoms with Crippen molar-refractivity contribution < 1.29 is 27.5 Å². The number of nitrogens with one attached hydrogen (secondary N) is 1. The van der Waals surface area contributed by atoms with Gasteiger partial charge in [-0.25, -0.2) is 0 Å². The zero-order valence-electron chi connectivity index (χ0n) is 17.1. The van der Waals surface area contributed by atoms with Crippen molar-refractivity contribution >= 4 is 11.9 Å². The van der Waals surface area contributed by atoms with Gasteiger partial charge in [0.15, 0.2) is 6.61 Å². The first-order valence-corrected chi connectivity index (χ1v) is 10.4. The standard InChI is InChI=1S/C20H25F3N6O2/c21-20(22,23)15-31-19-25-17(24-18(26-19)29-10-12-30-13-11-29)28-8-6-27(7-9-28)14-16-4-2-1-3-5-16/h1-5H,6-15H2/p+1. The van der Waals surface area contributed by atoms with Gasteiger partial charge in [-0.15, -0.1) is 0 Å². The summed E-state index contributed by atoms with van der Waals surface area (Å²) in [6.07, 6.45) is -4.46. The average molecular weight is 439 g/mol. The molecule has 0 radical (unpaired) electrons. The zero-order chi connectivity index (χ0) is 21.7. The summed E-state index contributed by atoms with van der Waals surface area (Å²) in [5, 5.41) is 0. The summed E-state index contributed by atoms with van der Waals surface area (Å²) in [5.41, 5.74) is 1.28. The normalized spacial score (nSPS) is 18.3. The molecule has 0 aliphatic carbocycles. The second-order valence-electron chi connectivity index (χ2n) is 7.62. The van der Waals surface area contributed by atoms with Gasteiger partial charge >= 0.3 is 12.2 Å². The van der Waals surface area contributed by atoms with Crippen LogP contribution in [0.25, 0.3) is 0 Å². The van der Waals surface area contributed by atoms with Crippen LogP contribution in [0, 0.1) is 0 Å². The lowest BCUT2D eigenvalue weighted by atomic mass is 10.2. The van der Waals surface area contributed by atoms with Gasteiger partial charge in [-0.05, 0) is 0 Å². The molecule has 1 N–H and O–H groups in total. The van der Waals surface area contributed by atoms with Crippen LogP contribution < -0.4 is 19.4 Å². The molecule has 2 saturated heterocycles. The minimum Gasteiger partial charge on any atom is -0.454 e. The number of alkyl halides is 3. The smallest absolute Gasteiger partial charge is 0.422 e. The Morgan fingerprint density at radius 1 is 0.903 bits per heavy atom. The molecule has 11 heteroatoms. The molecule has 8 nitrogen and oxygen atoms in total. The fourth-order valence-electron chi connectivity index (χ4n) is 3.68. The SMILES string of the molecule is FC(F)(F)COc1nc(N2CCOCC2)nc(N2CC[NH+](Cc3ccccc3)CC2)n1. The molecule has 0 unspecified atom stereocenters. The molecular weight excluding hydrogens is 413 g/mol. The molecule has 2 aliphatic rings. The van der Waals surface area contributed by atoms with Crippen LogP contribution in [0.2, 0.25) is 0 Å². The number of nitrogens with zero attached hydrogens (tertiary/aromatic N) is 5. The number of anilines is 2. The number of aromatic nitrogens is 3. The Balaban J connectivity index is 1.46. The largest absolute Gasteiger partial charge is 0.454 e. The summed E-state index contributed by atoms with van der Waals surface area (Å²) >= 11 is 0. The number of rotatable bonds is 6. The van der Waals surface area contributed by atoms with Crippen molar-refractivity contribution in [1.82, 2.24) is 15.0 Å². The zero-order valence-corrected chi connectivity index (χ0v) is 17.1. The molecule has 4 rings (SSSR count). The quantitative estimate of drug-likeness (QED) is 0.705. The van der Waals surface area contributed by atoms with Gasteiger partial charge in [-0.2, -0.15) is 28.1 Å². The van der Waals surface area contributed by atoms with Gasteiger partial charge in [0.05, 0.1) is 39.4 Å². The molecule has 0 spiro atoms. The highest BCUT2D eigenvalue weighted by Crippen LogP contribution is 2.21. The van der Waals surface area contributed by atoms with Crippen LogP contribution in [0.4, 0.5) is 25.1 Å². The number of hydrogen-bond donors (Lipinski definition) is 1. The first-order valence-electron chi connectivity index (χ1n) is 10.4. The molecule has 0 amide bonds. The number of benzene rings is 1. The van der Waals surface area contributed by atoms with E-state index < -0.39 is 12.8 Å². The molecule has 2 aromatic rings. The summed E-state index contributed by atoms with van der Waals surface area (Å²) in [7, 11) is 0. The highest BCUT2D eigenvalue weighted by molar-refractivity contribution is 5.41. The van der Waals surface area contributed by atoms with E-state index in [4.69, 9.17) is 9.47 Å². The molecule has 2 aliphatic heterocycles. The third kappa shape index (κ3) is 6.17. The van der Waals surface area contributed by atoms with Crippen molar-refractivity contribution in [3.8, 4) is 6.01 Å². The Kier molecular flexibility index (Phi) is 6.71. The average Bonchev–Trinajstić information content (AvgIpc) is 2.79. The molecule has 168 valence electrons. The number of halogens is 3. The lowest BCUT2D eigenvalue weighted by molar-refractivity contribution is -0.914. The summed E-state index contributed by atoms with van der Waals surface area (Å²) < 4.78 is 48.1. The molecule has 0 atom stereocenters. The van der Waals surface area contributed by atoms with Crippen molar-refractivity contribution in [3.63, 3.8) is 0 Å². The van der Waals surface area contributed by atoms with E-state index in [1.165, 1.54) is 10.5 Å². The van der Waals surface area contributed by atoms with Crippen LogP contribution in [-0.4, -0.2) is 80.2 Å². The monoisotopic (exact) mass is 439 g/mol. The fourth-order valence-corrected chi connectivity index (χ4v) is 3.68. The first-order chi connectivity index (χ1) is 15.0. The lowest BCUT2D eigenvalue weighted by Crippen LogP contribution is -3.13. The van der Waals surface area contributed by atoms with Crippen LogP contribution in [0.5, 0.6) is 6.01 Å². The van der Waals surface area contributed by atoms with Crippen LogP contribution in [0.15, 0.2) is 30.3 Å². The van der Waals surface area contributed by atoms with Crippen LogP contribution in [-0.2, 0) is 11.3 Å². The summed E-state index contributed by atoms with van der Waals surface area (Å²) in [5.74, 6) is 0.678. The maximum Gasteiger partial charge on any atom is 0.422 e. The first kappa shape index (κ1) is 21.6. The van der Waals surface area contributed by atoms with Gasteiger partial charge in [0.25, 0.3) is 0 Å². The number of morpholine rings is 1. The molecule has 0 bridgehead atoms. The molecule has 1 aromatic carbocycles. The van der Waals surface area contributed by atoms with Gasteiger partial charge in [0.1, 0.15) is 6.54 Å². The molecule has 31 heavy (non-hydrogen) atoms. The second kappa shape index (κ2) is 9.65. The lowest BCUT2D eigenvalue weighted by Gasteiger charge is -2.33. The van der Waals surface area contributed by atoms with Gasteiger partial charge < -0.3 is 24.2 Å². The van der Waals surface area contributed by atoms with Crippen LogP contribution in [0.3, 0.4) is 0 Å². The Bertz CT molecular complexity index is 841. The Labute approximate surface area is 178 Å². The van der Waals surface area contributed by atoms with E-state index in [9.17, 15) is 13.2 Å². The van der Waals surface area contributed by atoms with E-state index in [-0.39, 0.29) is 6.01 Å². The minimum atomic E-state index is -4.46. The van der Waals surface area contributed by atoms with Gasteiger partial charge in [-0.1, -0.05) is 30.3 Å². The summed E-state index contributed by atoms with van der Waals surface area (Å²) in [4.78, 5) is 18.1. The summed E-state index contributed by atoms with van der Waals surface area (Å²) in [6, 6.07) is 10.00. The van der Waals surface area contributed by atoms with E-state index >= 15 is 0 Å². The maximum atomic E-state index is 12.6. The second-order valence-corrected chi connectivity index (χ2v) is 7.62. The fraction of sp³-hybridized carbons (Fsp3) is 0.550. The highest BCUT2D eigenvalue weighted by Gasteiger charge is 2.30. The predicted molar refractivity (Wildman–Crippen MR) is 107 cm³/mol. The minimum absolute atomic E-state index is 0.303. The van der Waals surface area contributed by atoms with E-state index in [0.717, 1.165) is 19.6 Å². The summed E-state index contributed by atoms with van der Waals surface area (Å²) in [6.45, 7) is 4.83. The molecule has 2 fully saturated rings. The Hall–Kier alpha value is -2.66. The highest BCUT2D eigenvalue weighted by atomic mass is 19.4. The molecule has 1 aromatic heterocycles. The number of piperazine rings is 1. The third-order valence-electron chi connectivity index (χ3n) is 5.30. The van der Waals surface area contributed by atoms with E-state index in [1.54, 1.807) is 0 Å². The maximum absolute atomic E-state index is 12.6. The molecule has 0 saturated carbocycles. The Morgan fingerprint density at radius 2 is 1.52 bits per heavy atom. The van der Waals surface area contributed by atoms with E-state index in [0.29, 0.717) is 51.3 Å². The van der Waals surface area contributed by atoms with Gasteiger partial charge in [0.2, 0.25) is 11.9 Å². The van der Waals surface area contributed by atoms with Crippen molar-refractivity contribution in [1.29, 1.82) is 0 Å². The third-order valence-corrected chi connectivity index (χ3v) is 5.30. The van der Waals surface area contributed by atoms with Crippen molar-refractivity contribution in [3.05, 3.63) is 35.9 Å². The van der Waals surface area contributed by atoms with Crippen LogP contribution in [0.1, 0.15) is 5.56 Å². The van der Waals surface area contributed by atoms with Crippen molar-refractivity contribution in [2.75, 3.05) is 68.9 Å². The topological polar surface area (TPSA) is 68.1 Å². The number of ether oxygens (including phenoxy) is 2. The van der Waals surface area contributed by atoms with E-state index in [2.05, 4.69) is 27.1 Å². The number of hydrogen-bond acceptors (Lipinski definition) is 7. The molecule has 3 heterocycles.